The lowest BCUT2D eigenvalue weighted by Crippen LogP contribution is -2.37. The van der Waals surface area contributed by atoms with Crippen LogP contribution >= 0.6 is 24.8 Å². The van der Waals surface area contributed by atoms with Crippen molar-refractivity contribution in [1.29, 1.82) is 0 Å². The Balaban J connectivity index is -0.00000364. The molecule has 0 heterocycles. The van der Waals surface area contributed by atoms with E-state index in [0.717, 1.165) is 65.0 Å². The van der Waals surface area contributed by atoms with E-state index in [9.17, 15) is 9.59 Å². The summed E-state index contributed by atoms with van der Waals surface area (Å²) in [4.78, 5) is 22.7. The molecule has 10 heteroatoms. The third kappa shape index (κ3) is 27.0. The van der Waals surface area contributed by atoms with Crippen molar-refractivity contribution < 1.29 is 9.59 Å². The van der Waals surface area contributed by atoms with Gasteiger partial charge in [0.05, 0.1) is 0 Å². The first-order valence-electron chi connectivity index (χ1n) is 11.2. The number of halogens is 2. The van der Waals surface area contributed by atoms with Gasteiger partial charge in [0.2, 0.25) is 0 Å². The van der Waals surface area contributed by atoms with Crippen LogP contribution in [0.4, 0.5) is 9.59 Å². The van der Waals surface area contributed by atoms with Crippen molar-refractivity contribution in [3.8, 4) is 0 Å². The van der Waals surface area contributed by atoms with Crippen LogP contribution in [0.2, 0.25) is 0 Å². The summed E-state index contributed by atoms with van der Waals surface area (Å²) < 4.78 is 0. The third-order valence-corrected chi connectivity index (χ3v) is 4.16. The summed E-state index contributed by atoms with van der Waals surface area (Å²) in [7, 11) is 0. The Hall–Kier alpha value is -0.960. The second-order valence-electron chi connectivity index (χ2n) is 6.99. The highest BCUT2D eigenvalue weighted by molar-refractivity contribution is 5.85. The number of amides is 4. The van der Waals surface area contributed by atoms with Gasteiger partial charge in [0.15, 0.2) is 0 Å². The molecular formula is C20H46Cl2N6O2. The monoisotopic (exact) mass is 472 g/mol. The summed E-state index contributed by atoms with van der Waals surface area (Å²) in [5.74, 6) is 0. The number of rotatable bonds is 19. The van der Waals surface area contributed by atoms with Crippen LogP contribution in [0.25, 0.3) is 0 Å². The molecule has 30 heavy (non-hydrogen) atoms. The number of hydrogen-bond donors (Lipinski definition) is 6. The van der Waals surface area contributed by atoms with Crippen LogP contribution in [0.15, 0.2) is 0 Å². The minimum absolute atomic E-state index is 0. The molecule has 0 bridgehead atoms. The van der Waals surface area contributed by atoms with Crippen LogP contribution in [0.3, 0.4) is 0 Å². The summed E-state index contributed by atoms with van der Waals surface area (Å²) in [6.07, 6.45) is 8.71. The van der Waals surface area contributed by atoms with Gasteiger partial charge in [0.25, 0.3) is 0 Å². The van der Waals surface area contributed by atoms with Gasteiger partial charge in [-0.25, -0.2) is 9.59 Å². The van der Waals surface area contributed by atoms with Crippen molar-refractivity contribution in [2.75, 3.05) is 52.4 Å². The van der Waals surface area contributed by atoms with Gasteiger partial charge in [-0.05, 0) is 64.7 Å². The molecule has 0 rings (SSSR count). The lowest BCUT2D eigenvalue weighted by atomic mass is 10.2. The zero-order chi connectivity index (χ0) is 20.7. The Morgan fingerprint density at radius 1 is 0.467 bits per heavy atom. The quantitative estimate of drug-likeness (QED) is 0.162. The van der Waals surface area contributed by atoms with E-state index in [1.54, 1.807) is 0 Å². The Morgan fingerprint density at radius 3 is 1.17 bits per heavy atom. The molecule has 0 saturated carbocycles. The van der Waals surface area contributed by atoms with E-state index in [4.69, 9.17) is 0 Å². The lowest BCUT2D eigenvalue weighted by molar-refractivity contribution is 0.240. The smallest absolute Gasteiger partial charge is 0.314 e. The Labute approximate surface area is 196 Å². The van der Waals surface area contributed by atoms with Gasteiger partial charge >= 0.3 is 12.1 Å². The molecule has 0 aromatic carbocycles. The van der Waals surface area contributed by atoms with Crippen molar-refractivity contribution in [2.45, 2.75) is 65.2 Å². The lowest BCUT2D eigenvalue weighted by Gasteiger charge is -2.08. The van der Waals surface area contributed by atoms with Crippen LogP contribution in [0.1, 0.15) is 65.2 Å². The molecule has 0 spiro atoms. The molecule has 0 atom stereocenters. The van der Waals surface area contributed by atoms with E-state index in [-0.39, 0.29) is 36.9 Å². The molecule has 6 N–H and O–H groups in total. The molecule has 0 aromatic rings. The molecule has 0 radical (unpaired) electrons. The summed E-state index contributed by atoms with van der Waals surface area (Å²) in [6, 6.07) is -0.131. The summed E-state index contributed by atoms with van der Waals surface area (Å²) in [5.41, 5.74) is 0. The zero-order valence-corrected chi connectivity index (χ0v) is 20.6. The first kappa shape index (κ1) is 33.7. The van der Waals surface area contributed by atoms with E-state index < -0.39 is 0 Å². The normalized spacial score (nSPS) is 9.80. The van der Waals surface area contributed by atoms with Gasteiger partial charge in [0, 0.05) is 26.2 Å². The van der Waals surface area contributed by atoms with Crippen molar-refractivity contribution in [1.82, 2.24) is 31.9 Å². The summed E-state index contributed by atoms with van der Waals surface area (Å²) >= 11 is 0. The number of carbonyl (C=O) groups excluding carboxylic acids is 2. The number of unbranched alkanes of at least 4 members (excludes halogenated alkanes) is 3. The maximum atomic E-state index is 11.3. The molecule has 0 aromatic heterocycles. The van der Waals surface area contributed by atoms with E-state index in [0.29, 0.717) is 13.1 Å². The third-order valence-electron chi connectivity index (χ3n) is 4.16. The van der Waals surface area contributed by atoms with Gasteiger partial charge < -0.3 is 31.9 Å². The molecule has 8 nitrogen and oxygen atoms in total. The van der Waals surface area contributed by atoms with Crippen molar-refractivity contribution >= 4 is 36.9 Å². The first-order valence-corrected chi connectivity index (χ1v) is 11.2. The van der Waals surface area contributed by atoms with E-state index in [1.807, 2.05) is 13.8 Å². The van der Waals surface area contributed by atoms with Crippen LogP contribution in [0, 0.1) is 0 Å². The van der Waals surface area contributed by atoms with Crippen LogP contribution in [0.5, 0.6) is 0 Å². The van der Waals surface area contributed by atoms with E-state index in [1.165, 1.54) is 25.7 Å². The standard InChI is InChI=1S/C20H44N6O2.2ClH/c1-3-11-23-19(27)25-17-9-15-21-13-7-5-6-8-14-22-16-10-18-26-20(28)24-12-4-2;;/h21-22H,3-18H2,1-2H3,(H2,23,25,27)(H2,24,26,28);2*1H. The topological polar surface area (TPSA) is 106 Å². The fraction of sp³-hybridized carbons (Fsp3) is 0.900. The Morgan fingerprint density at radius 2 is 0.800 bits per heavy atom. The number of hydrogen-bond acceptors (Lipinski definition) is 4. The summed E-state index contributed by atoms with van der Waals surface area (Å²) in [6.45, 7) is 10.9. The second kappa shape index (κ2) is 28.0. The molecular weight excluding hydrogens is 427 g/mol. The zero-order valence-electron chi connectivity index (χ0n) is 18.9. The van der Waals surface area contributed by atoms with E-state index >= 15 is 0 Å². The number of carbonyl (C=O) groups is 2. The molecule has 0 saturated heterocycles. The van der Waals surface area contributed by atoms with Gasteiger partial charge in [-0.1, -0.05) is 26.7 Å². The first-order chi connectivity index (χ1) is 13.7. The van der Waals surface area contributed by atoms with Crippen LogP contribution in [-0.4, -0.2) is 64.4 Å². The largest absolute Gasteiger partial charge is 0.338 e. The number of nitrogens with one attached hydrogen (secondary N) is 6. The van der Waals surface area contributed by atoms with E-state index in [2.05, 4.69) is 31.9 Å². The highest BCUT2D eigenvalue weighted by Gasteiger charge is 1.98. The van der Waals surface area contributed by atoms with Gasteiger partial charge in [-0.2, -0.15) is 0 Å². The van der Waals surface area contributed by atoms with Gasteiger partial charge in [-0.15, -0.1) is 24.8 Å². The average molecular weight is 474 g/mol. The molecule has 0 fully saturated rings. The van der Waals surface area contributed by atoms with Crippen LogP contribution in [-0.2, 0) is 0 Å². The molecule has 182 valence electrons. The minimum Gasteiger partial charge on any atom is -0.338 e. The highest BCUT2D eigenvalue weighted by Crippen LogP contribution is 1.97. The average Bonchev–Trinajstić information content (AvgIpc) is 2.70. The molecule has 0 unspecified atom stereocenters. The van der Waals surface area contributed by atoms with Crippen molar-refractivity contribution in [3.05, 3.63) is 0 Å². The Kier molecular flexibility index (Phi) is 31.5. The van der Waals surface area contributed by atoms with Crippen molar-refractivity contribution in [3.63, 3.8) is 0 Å². The second-order valence-corrected chi connectivity index (χ2v) is 6.99. The maximum absolute atomic E-state index is 11.3. The van der Waals surface area contributed by atoms with Gasteiger partial charge in [-0.3, -0.25) is 0 Å². The SMILES string of the molecule is CCCNC(=O)NCCCNCCCCCCNCCCNC(=O)NCCC.Cl.Cl. The minimum atomic E-state index is -0.0656. The predicted molar refractivity (Wildman–Crippen MR) is 131 cm³/mol. The number of urea groups is 2. The van der Waals surface area contributed by atoms with Gasteiger partial charge in [0.1, 0.15) is 0 Å². The highest BCUT2D eigenvalue weighted by atomic mass is 35.5. The summed E-state index contributed by atoms with van der Waals surface area (Å²) in [5, 5.41) is 18.1. The van der Waals surface area contributed by atoms with Crippen LogP contribution < -0.4 is 31.9 Å². The molecule has 0 aliphatic carbocycles. The fourth-order valence-corrected chi connectivity index (χ4v) is 2.54. The molecule has 0 aliphatic heterocycles. The maximum Gasteiger partial charge on any atom is 0.314 e. The fourth-order valence-electron chi connectivity index (χ4n) is 2.54. The molecule has 4 amide bonds. The van der Waals surface area contributed by atoms with Crippen molar-refractivity contribution in [2.24, 2.45) is 0 Å². The molecule has 0 aliphatic rings. The Bertz CT molecular complexity index is 345. The predicted octanol–water partition coefficient (Wildman–Crippen LogP) is 2.77.